The average Bonchev–Trinajstić information content (AvgIpc) is 3.37. The first kappa shape index (κ1) is 19.0. The molecule has 1 amide bonds. The summed E-state index contributed by atoms with van der Waals surface area (Å²) in [5.74, 6) is 1.17. The van der Waals surface area contributed by atoms with Crippen LogP contribution < -0.4 is 14.8 Å². The predicted molar refractivity (Wildman–Crippen MR) is 117 cm³/mol. The second-order valence-corrected chi connectivity index (χ2v) is 8.14. The number of methoxy groups -OCH3 is 2. The van der Waals surface area contributed by atoms with E-state index in [9.17, 15) is 4.79 Å². The Labute approximate surface area is 176 Å². The summed E-state index contributed by atoms with van der Waals surface area (Å²) in [7, 11) is 3.23. The van der Waals surface area contributed by atoms with E-state index in [-0.39, 0.29) is 5.91 Å². The van der Waals surface area contributed by atoms with Gasteiger partial charge in [-0.3, -0.25) is 9.69 Å². The normalized spacial score (nSPS) is 16.5. The van der Waals surface area contributed by atoms with Crippen LogP contribution in [-0.2, 0) is 13.1 Å². The lowest BCUT2D eigenvalue weighted by Crippen LogP contribution is -2.28. The van der Waals surface area contributed by atoms with Crippen LogP contribution in [0.15, 0.2) is 30.3 Å². The lowest BCUT2D eigenvalue weighted by molar-refractivity contribution is 0.0966. The maximum absolute atomic E-state index is 12.6. The number of carbonyl (C=O) groups excluding carboxylic acids is 1. The van der Waals surface area contributed by atoms with Crippen LogP contribution in [0.25, 0.3) is 22.2 Å². The molecule has 0 atom stereocenters. The average molecular weight is 405 g/mol. The highest BCUT2D eigenvalue weighted by Gasteiger charge is 2.30. The molecule has 2 aromatic carbocycles. The molecule has 0 unspecified atom stereocenters. The number of ether oxygens (including phenoxy) is 2. The molecule has 156 valence electrons. The molecule has 3 aromatic rings. The zero-order valence-electron chi connectivity index (χ0n) is 17.5. The van der Waals surface area contributed by atoms with Gasteiger partial charge in [0.2, 0.25) is 0 Å². The van der Waals surface area contributed by atoms with Crippen molar-refractivity contribution in [3.8, 4) is 22.8 Å². The van der Waals surface area contributed by atoms with Gasteiger partial charge in [0.05, 0.1) is 19.8 Å². The van der Waals surface area contributed by atoms with Crippen molar-refractivity contribution >= 4 is 16.8 Å². The van der Waals surface area contributed by atoms with Crippen molar-refractivity contribution in [3.05, 3.63) is 47.0 Å². The summed E-state index contributed by atoms with van der Waals surface area (Å²) in [4.78, 5) is 18.6. The number of fused-ring (bicyclic) bond motifs is 2. The molecule has 3 heterocycles. The molecule has 0 radical (unpaired) electrons. The van der Waals surface area contributed by atoms with Crippen LogP contribution in [0, 0.1) is 0 Å². The lowest BCUT2D eigenvalue weighted by Gasteiger charge is -2.26. The molecule has 0 aliphatic carbocycles. The molecule has 2 aliphatic heterocycles. The minimum Gasteiger partial charge on any atom is -0.493 e. The number of nitrogens with zero attached hydrogens (tertiary/aromatic N) is 1. The first-order chi connectivity index (χ1) is 14.7. The third-order valence-corrected chi connectivity index (χ3v) is 6.25. The fourth-order valence-corrected chi connectivity index (χ4v) is 4.77. The Balaban J connectivity index is 1.55. The van der Waals surface area contributed by atoms with Crippen LogP contribution in [0.1, 0.15) is 40.7 Å². The van der Waals surface area contributed by atoms with Crippen LogP contribution >= 0.6 is 0 Å². The highest BCUT2D eigenvalue weighted by molar-refractivity contribution is 6.06. The highest BCUT2D eigenvalue weighted by Crippen LogP contribution is 2.42. The Morgan fingerprint density at radius 1 is 1.03 bits per heavy atom. The molecule has 1 fully saturated rings. The number of rotatable bonds is 5. The zero-order valence-corrected chi connectivity index (χ0v) is 17.5. The summed E-state index contributed by atoms with van der Waals surface area (Å²) in [5, 5.41) is 4.07. The maximum Gasteiger partial charge on any atom is 0.252 e. The molecule has 5 rings (SSSR count). The van der Waals surface area contributed by atoms with Gasteiger partial charge in [-0.2, -0.15) is 0 Å². The number of nitrogens with one attached hydrogen (secondary N) is 2. The Kier molecular flexibility index (Phi) is 4.87. The van der Waals surface area contributed by atoms with Crippen LogP contribution in [0.2, 0.25) is 0 Å². The Morgan fingerprint density at radius 2 is 1.87 bits per heavy atom. The van der Waals surface area contributed by atoms with Crippen LogP contribution in [0.3, 0.4) is 0 Å². The first-order valence-electron chi connectivity index (χ1n) is 10.6. The third-order valence-electron chi connectivity index (χ3n) is 6.25. The van der Waals surface area contributed by atoms with E-state index in [2.05, 4.69) is 39.5 Å². The number of aromatic nitrogens is 1. The van der Waals surface area contributed by atoms with Gasteiger partial charge in [0.1, 0.15) is 0 Å². The number of benzene rings is 2. The summed E-state index contributed by atoms with van der Waals surface area (Å²) in [6, 6.07) is 10.6. The fraction of sp³-hybridized carbons (Fsp3) is 0.375. The van der Waals surface area contributed by atoms with E-state index < -0.39 is 0 Å². The third kappa shape index (κ3) is 3.21. The van der Waals surface area contributed by atoms with E-state index in [1.807, 2.05) is 6.07 Å². The van der Waals surface area contributed by atoms with E-state index in [0.29, 0.717) is 23.6 Å². The number of likely N-dealkylation sites (tertiary alicyclic amines) is 1. The smallest absolute Gasteiger partial charge is 0.252 e. The summed E-state index contributed by atoms with van der Waals surface area (Å²) in [5.41, 5.74) is 5.65. The molecular weight excluding hydrogens is 378 g/mol. The van der Waals surface area contributed by atoms with Gasteiger partial charge in [-0.1, -0.05) is 12.5 Å². The van der Waals surface area contributed by atoms with Crippen molar-refractivity contribution in [1.82, 2.24) is 15.2 Å². The van der Waals surface area contributed by atoms with Crippen molar-refractivity contribution in [2.75, 3.05) is 27.3 Å². The van der Waals surface area contributed by atoms with E-state index in [1.165, 1.54) is 37.9 Å². The van der Waals surface area contributed by atoms with Crippen molar-refractivity contribution in [2.45, 2.75) is 32.4 Å². The first-order valence-corrected chi connectivity index (χ1v) is 10.6. The SMILES string of the molecule is COc1cc(-c2cc3cc(CN4CCCCC4)ccc3[nH]2)c2c(c1OC)CNC2=O. The quantitative estimate of drug-likeness (QED) is 0.671. The maximum atomic E-state index is 12.6. The topological polar surface area (TPSA) is 66.6 Å². The van der Waals surface area contributed by atoms with Crippen LogP contribution in [-0.4, -0.2) is 43.1 Å². The minimum atomic E-state index is -0.0783. The number of hydrogen-bond acceptors (Lipinski definition) is 4. The van der Waals surface area contributed by atoms with Crippen molar-refractivity contribution in [3.63, 3.8) is 0 Å². The van der Waals surface area contributed by atoms with Gasteiger partial charge in [-0.15, -0.1) is 0 Å². The number of amides is 1. The van der Waals surface area contributed by atoms with Crippen molar-refractivity contribution in [1.29, 1.82) is 0 Å². The molecule has 0 saturated carbocycles. The number of aromatic amines is 1. The molecule has 2 N–H and O–H groups in total. The molecule has 30 heavy (non-hydrogen) atoms. The second-order valence-electron chi connectivity index (χ2n) is 8.14. The van der Waals surface area contributed by atoms with Gasteiger partial charge in [0.15, 0.2) is 11.5 Å². The van der Waals surface area contributed by atoms with E-state index >= 15 is 0 Å². The summed E-state index contributed by atoms with van der Waals surface area (Å²) in [6.07, 6.45) is 3.94. The van der Waals surface area contributed by atoms with Gasteiger partial charge >= 0.3 is 0 Å². The summed E-state index contributed by atoms with van der Waals surface area (Å²) >= 11 is 0. The molecule has 6 heteroatoms. The van der Waals surface area contributed by atoms with Crippen molar-refractivity contribution in [2.24, 2.45) is 0 Å². The number of piperidine rings is 1. The second kappa shape index (κ2) is 7.69. The van der Waals surface area contributed by atoms with Crippen LogP contribution in [0.5, 0.6) is 11.5 Å². The van der Waals surface area contributed by atoms with Crippen LogP contribution in [0.4, 0.5) is 0 Å². The predicted octanol–water partition coefficient (Wildman–Crippen LogP) is 4.08. The molecule has 0 spiro atoms. The molecule has 1 saturated heterocycles. The Morgan fingerprint density at radius 3 is 2.63 bits per heavy atom. The Bertz CT molecular complexity index is 1110. The number of hydrogen-bond donors (Lipinski definition) is 2. The Hall–Kier alpha value is -2.99. The molecule has 2 aliphatic rings. The van der Waals surface area contributed by atoms with Gasteiger partial charge in [-0.05, 0) is 55.8 Å². The number of H-pyrrole nitrogens is 1. The number of carbonyl (C=O) groups is 1. The van der Waals surface area contributed by atoms with E-state index in [1.54, 1.807) is 14.2 Å². The molecule has 0 bridgehead atoms. The van der Waals surface area contributed by atoms with E-state index in [4.69, 9.17) is 9.47 Å². The molecule has 1 aromatic heterocycles. The largest absolute Gasteiger partial charge is 0.493 e. The lowest BCUT2D eigenvalue weighted by atomic mass is 9.98. The highest BCUT2D eigenvalue weighted by atomic mass is 16.5. The van der Waals surface area contributed by atoms with Gasteiger partial charge in [-0.25, -0.2) is 0 Å². The zero-order chi connectivity index (χ0) is 20.7. The molecule has 6 nitrogen and oxygen atoms in total. The van der Waals surface area contributed by atoms with Gasteiger partial charge < -0.3 is 19.8 Å². The minimum absolute atomic E-state index is 0.0783. The van der Waals surface area contributed by atoms with Crippen molar-refractivity contribution < 1.29 is 14.3 Å². The fourth-order valence-electron chi connectivity index (χ4n) is 4.77. The summed E-state index contributed by atoms with van der Waals surface area (Å²) < 4.78 is 11.1. The molecular formula is C24H27N3O3. The summed E-state index contributed by atoms with van der Waals surface area (Å²) in [6.45, 7) is 3.80. The van der Waals surface area contributed by atoms with Gasteiger partial charge in [0, 0.05) is 40.8 Å². The monoisotopic (exact) mass is 405 g/mol. The van der Waals surface area contributed by atoms with E-state index in [0.717, 1.165) is 34.3 Å². The standard InChI is InChI=1S/C24H27N3O3/c1-29-21-12-17(22-18(23(21)30-2)13-25-24(22)28)20-11-16-10-15(6-7-19(16)26-20)14-27-8-4-3-5-9-27/h6-7,10-12,26H,3-5,8-9,13-14H2,1-2H3,(H,25,28). The van der Waals surface area contributed by atoms with Gasteiger partial charge in [0.25, 0.3) is 5.91 Å².